The lowest BCUT2D eigenvalue weighted by Gasteiger charge is -2.30. The fourth-order valence-electron chi connectivity index (χ4n) is 2.46. The molecule has 0 radical (unpaired) electrons. The number of hydrogen-bond acceptors (Lipinski definition) is 5. The van der Waals surface area contributed by atoms with E-state index >= 15 is 0 Å². The molecule has 1 unspecified atom stereocenters. The summed E-state index contributed by atoms with van der Waals surface area (Å²) < 4.78 is 1.79. The van der Waals surface area contributed by atoms with Crippen molar-refractivity contribution in [1.29, 1.82) is 0 Å². The zero-order valence-corrected chi connectivity index (χ0v) is 11.5. The number of nitrogens with one attached hydrogen (secondary N) is 2. The van der Waals surface area contributed by atoms with Gasteiger partial charge in [-0.25, -0.2) is 0 Å². The highest BCUT2D eigenvalue weighted by Crippen LogP contribution is 2.20. The number of aromatic amines is 1. The van der Waals surface area contributed by atoms with Gasteiger partial charge in [0.15, 0.2) is 5.82 Å². The molecule has 0 amide bonds. The molecule has 2 N–H and O–H groups in total. The van der Waals surface area contributed by atoms with Gasteiger partial charge in [-0.2, -0.15) is 10.1 Å². The third-order valence-electron chi connectivity index (χ3n) is 3.39. The maximum absolute atomic E-state index is 4.59. The summed E-state index contributed by atoms with van der Waals surface area (Å²) in [6.45, 7) is 6.99. The second kappa shape index (κ2) is 4.65. The quantitative estimate of drug-likeness (QED) is 0.814. The van der Waals surface area contributed by atoms with Gasteiger partial charge in [0, 0.05) is 38.9 Å². The van der Waals surface area contributed by atoms with Crippen molar-refractivity contribution in [3.05, 3.63) is 11.9 Å². The molecule has 7 nitrogen and oxygen atoms in total. The average molecular weight is 261 g/mol. The maximum Gasteiger partial charge on any atom is 0.245 e. The first-order valence-electron chi connectivity index (χ1n) is 6.55. The van der Waals surface area contributed by atoms with Crippen LogP contribution in [0.2, 0.25) is 0 Å². The first kappa shape index (κ1) is 12.2. The molecule has 19 heavy (non-hydrogen) atoms. The third kappa shape index (κ3) is 2.33. The number of aromatic nitrogens is 5. The Morgan fingerprint density at radius 3 is 2.95 bits per heavy atom. The van der Waals surface area contributed by atoms with E-state index in [0.29, 0.717) is 6.04 Å². The van der Waals surface area contributed by atoms with Gasteiger partial charge in [-0.15, -0.1) is 5.10 Å². The van der Waals surface area contributed by atoms with Crippen molar-refractivity contribution in [3.8, 4) is 11.4 Å². The Morgan fingerprint density at radius 1 is 1.42 bits per heavy atom. The van der Waals surface area contributed by atoms with Crippen molar-refractivity contribution in [2.24, 2.45) is 7.05 Å². The zero-order chi connectivity index (χ0) is 13.4. The lowest BCUT2D eigenvalue weighted by molar-refractivity contribution is 0.480. The van der Waals surface area contributed by atoms with Gasteiger partial charge in [-0.1, -0.05) is 0 Å². The Labute approximate surface area is 112 Å². The average Bonchev–Trinajstić information content (AvgIpc) is 2.96. The zero-order valence-electron chi connectivity index (χ0n) is 11.5. The molecule has 1 atom stereocenters. The molecule has 1 saturated heterocycles. The van der Waals surface area contributed by atoms with Gasteiger partial charge in [0.1, 0.15) is 0 Å². The highest BCUT2D eigenvalue weighted by atomic mass is 15.4. The summed E-state index contributed by atoms with van der Waals surface area (Å²) >= 11 is 0. The number of aryl methyl sites for hydroxylation is 2. The van der Waals surface area contributed by atoms with Crippen LogP contribution in [-0.2, 0) is 7.05 Å². The molecule has 2 aromatic rings. The highest BCUT2D eigenvalue weighted by Gasteiger charge is 2.20. The molecule has 102 valence electrons. The van der Waals surface area contributed by atoms with Gasteiger partial charge in [-0.3, -0.25) is 9.78 Å². The first-order chi connectivity index (χ1) is 9.13. The summed E-state index contributed by atoms with van der Waals surface area (Å²) in [6.07, 6.45) is 1.96. The van der Waals surface area contributed by atoms with Crippen LogP contribution in [0.4, 0.5) is 5.95 Å². The largest absolute Gasteiger partial charge is 0.337 e. The molecule has 0 bridgehead atoms. The Kier molecular flexibility index (Phi) is 2.98. The lowest BCUT2D eigenvalue weighted by atomic mass is 10.2. The summed E-state index contributed by atoms with van der Waals surface area (Å²) in [5.74, 6) is 1.55. The molecule has 0 saturated carbocycles. The van der Waals surface area contributed by atoms with Gasteiger partial charge in [-0.05, 0) is 13.8 Å². The first-order valence-corrected chi connectivity index (χ1v) is 6.55. The predicted molar refractivity (Wildman–Crippen MR) is 73.0 cm³/mol. The second-order valence-electron chi connectivity index (χ2n) is 5.09. The van der Waals surface area contributed by atoms with Crippen LogP contribution in [0.1, 0.15) is 12.6 Å². The molecule has 2 aromatic heterocycles. The molecule has 3 heterocycles. The minimum Gasteiger partial charge on any atom is -0.337 e. The molecule has 0 aliphatic carbocycles. The Balaban J connectivity index is 1.85. The fraction of sp³-hybridized carbons (Fsp3) is 0.583. The number of H-pyrrole nitrogens is 1. The van der Waals surface area contributed by atoms with Crippen LogP contribution < -0.4 is 10.2 Å². The van der Waals surface area contributed by atoms with Crippen LogP contribution >= 0.6 is 0 Å². The topological polar surface area (TPSA) is 74.7 Å². The van der Waals surface area contributed by atoms with E-state index in [4.69, 9.17) is 0 Å². The van der Waals surface area contributed by atoms with Crippen molar-refractivity contribution in [3.63, 3.8) is 0 Å². The van der Waals surface area contributed by atoms with E-state index < -0.39 is 0 Å². The summed E-state index contributed by atoms with van der Waals surface area (Å²) in [7, 11) is 1.91. The van der Waals surface area contributed by atoms with E-state index in [0.717, 1.165) is 42.7 Å². The third-order valence-corrected chi connectivity index (χ3v) is 3.39. The van der Waals surface area contributed by atoms with E-state index in [1.807, 2.05) is 20.2 Å². The van der Waals surface area contributed by atoms with Crippen molar-refractivity contribution < 1.29 is 0 Å². The van der Waals surface area contributed by atoms with E-state index in [9.17, 15) is 0 Å². The summed E-state index contributed by atoms with van der Waals surface area (Å²) in [6, 6.07) is 0.468. The maximum atomic E-state index is 4.59. The monoisotopic (exact) mass is 261 g/mol. The molecule has 1 fully saturated rings. The molecule has 3 rings (SSSR count). The van der Waals surface area contributed by atoms with Gasteiger partial charge in [0.05, 0.1) is 11.3 Å². The molecule has 0 aromatic carbocycles. The Bertz CT molecular complexity index is 570. The molecule has 0 spiro atoms. The second-order valence-corrected chi connectivity index (χ2v) is 5.09. The summed E-state index contributed by atoms with van der Waals surface area (Å²) in [5.41, 5.74) is 1.96. The normalized spacial score (nSPS) is 19.9. The molecular formula is C12H19N7. The number of hydrogen-bond donors (Lipinski definition) is 2. The Morgan fingerprint density at radius 2 is 2.26 bits per heavy atom. The smallest absolute Gasteiger partial charge is 0.245 e. The van der Waals surface area contributed by atoms with Gasteiger partial charge in [0.25, 0.3) is 0 Å². The lowest BCUT2D eigenvalue weighted by Crippen LogP contribution is -2.49. The fourth-order valence-corrected chi connectivity index (χ4v) is 2.46. The van der Waals surface area contributed by atoms with Crippen LogP contribution in [0.15, 0.2) is 6.20 Å². The van der Waals surface area contributed by atoms with Crippen LogP contribution in [0.25, 0.3) is 11.4 Å². The summed E-state index contributed by atoms with van der Waals surface area (Å²) in [5, 5.41) is 15.1. The Hall–Kier alpha value is -1.89. The molecular weight excluding hydrogens is 242 g/mol. The molecule has 7 heteroatoms. The van der Waals surface area contributed by atoms with Crippen LogP contribution in [0.5, 0.6) is 0 Å². The van der Waals surface area contributed by atoms with Crippen LogP contribution in [0, 0.1) is 6.92 Å². The van der Waals surface area contributed by atoms with Gasteiger partial charge >= 0.3 is 0 Å². The minimum atomic E-state index is 0.468. The molecule has 1 aliphatic heterocycles. The standard InChI is InChI=1S/C12H19N7/c1-8-6-19(5-4-13-8)12-14-11(15-16-12)10-7-18(3)17-9(10)2/h7-8,13H,4-6H2,1-3H3,(H,14,15,16). The number of piperazine rings is 1. The minimum absolute atomic E-state index is 0.468. The van der Waals surface area contributed by atoms with E-state index in [2.05, 4.69) is 37.4 Å². The van der Waals surface area contributed by atoms with E-state index in [-0.39, 0.29) is 0 Å². The number of nitrogens with zero attached hydrogens (tertiary/aromatic N) is 5. The van der Waals surface area contributed by atoms with Crippen LogP contribution in [0.3, 0.4) is 0 Å². The van der Waals surface area contributed by atoms with Crippen molar-refractivity contribution in [2.75, 3.05) is 24.5 Å². The van der Waals surface area contributed by atoms with Gasteiger partial charge in [0.2, 0.25) is 5.95 Å². The summed E-state index contributed by atoms with van der Waals surface area (Å²) in [4.78, 5) is 6.79. The van der Waals surface area contributed by atoms with E-state index in [1.54, 1.807) is 4.68 Å². The van der Waals surface area contributed by atoms with Gasteiger partial charge < -0.3 is 10.2 Å². The highest BCUT2D eigenvalue weighted by molar-refractivity contribution is 5.58. The van der Waals surface area contributed by atoms with E-state index in [1.165, 1.54) is 0 Å². The predicted octanol–water partition coefficient (Wildman–Crippen LogP) is 0.312. The molecule has 1 aliphatic rings. The number of anilines is 1. The van der Waals surface area contributed by atoms with Crippen LogP contribution in [-0.4, -0.2) is 50.6 Å². The van der Waals surface area contributed by atoms with Crippen molar-refractivity contribution >= 4 is 5.95 Å². The van der Waals surface area contributed by atoms with Crippen molar-refractivity contribution in [1.82, 2.24) is 30.3 Å². The van der Waals surface area contributed by atoms with Crippen molar-refractivity contribution in [2.45, 2.75) is 19.9 Å². The number of rotatable bonds is 2. The SMILES string of the molecule is Cc1nn(C)cc1-c1nc(N2CCNC(C)C2)n[nH]1.